The lowest BCUT2D eigenvalue weighted by Gasteiger charge is -2.13. The van der Waals surface area contributed by atoms with Crippen molar-refractivity contribution in [2.45, 2.75) is 6.42 Å². The first-order chi connectivity index (χ1) is 12.5. The van der Waals surface area contributed by atoms with E-state index in [4.69, 9.17) is 0 Å². The molecule has 2 N–H and O–H groups in total. The lowest BCUT2D eigenvalue weighted by molar-refractivity contribution is -0.115. The molecule has 3 aromatic carbocycles. The first-order valence-corrected chi connectivity index (χ1v) is 8.38. The first kappa shape index (κ1) is 17.5. The quantitative estimate of drug-likeness (QED) is 0.746. The number of hydrogen-bond donors (Lipinski definition) is 2. The molecule has 0 fully saturated rings. The van der Waals surface area contributed by atoms with Crippen molar-refractivity contribution in [3.63, 3.8) is 0 Å². The van der Waals surface area contributed by atoms with Gasteiger partial charge in [-0.15, -0.1) is 0 Å². The molecule has 0 radical (unpaired) electrons. The number of rotatable bonds is 4. The maximum atomic E-state index is 12.5. The lowest BCUT2D eigenvalue weighted by Crippen LogP contribution is -2.27. The van der Waals surface area contributed by atoms with Crippen molar-refractivity contribution in [2.75, 3.05) is 24.7 Å². The maximum Gasteiger partial charge on any atom is 0.321 e. The minimum atomic E-state index is -0.206. The SMILES string of the molecule is CN(C)C(=O)Nc1cccc(CC(=O)Nc2cccc3ccccc23)c1. The summed E-state index contributed by atoms with van der Waals surface area (Å²) in [5, 5.41) is 7.85. The summed E-state index contributed by atoms with van der Waals surface area (Å²) in [5.74, 6) is -0.0996. The zero-order valence-corrected chi connectivity index (χ0v) is 14.8. The van der Waals surface area contributed by atoms with Crippen LogP contribution in [0.15, 0.2) is 66.7 Å². The van der Waals surface area contributed by atoms with Gasteiger partial charge in [-0.25, -0.2) is 4.79 Å². The van der Waals surface area contributed by atoms with Gasteiger partial charge in [0.05, 0.1) is 6.42 Å². The van der Waals surface area contributed by atoms with Gasteiger partial charge >= 0.3 is 6.03 Å². The minimum absolute atomic E-state index is 0.0996. The number of nitrogens with zero attached hydrogens (tertiary/aromatic N) is 1. The largest absolute Gasteiger partial charge is 0.331 e. The van der Waals surface area contributed by atoms with Crippen molar-refractivity contribution in [1.82, 2.24) is 4.90 Å². The zero-order valence-electron chi connectivity index (χ0n) is 14.8. The van der Waals surface area contributed by atoms with Crippen LogP contribution in [0.4, 0.5) is 16.2 Å². The molecular formula is C21H21N3O2. The van der Waals surface area contributed by atoms with Gasteiger partial charge in [0.15, 0.2) is 0 Å². The third-order valence-electron chi connectivity index (χ3n) is 4.01. The molecule has 0 aliphatic carbocycles. The molecule has 26 heavy (non-hydrogen) atoms. The third kappa shape index (κ3) is 4.19. The summed E-state index contributed by atoms with van der Waals surface area (Å²) in [6, 6.07) is 20.9. The Morgan fingerprint density at radius 1 is 0.885 bits per heavy atom. The zero-order chi connectivity index (χ0) is 18.5. The van der Waals surface area contributed by atoms with Crippen LogP contribution in [0.3, 0.4) is 0 Å². The Balaban J connectivity index is 1.71. The summed E-state index contributed by atoms with van der Waals surface area (Å²) >= 11 is 0. The van der Waals surface area contributed by atoms with Crippen molar-refractivity contribution >= 4 is 34.1 Å². The van der Waals surface area contributed by atoms with Gasteiger partial charge in [-0.2, -0.15) is 0 Å². The van der Waals surface area contributed by atoms with E-state index in [1.807, 2.05) is 60.7 Å². The van der Waals surface area contributed by atoms with Crippen LogP contribution in [0.25, 0.3) is 10.8 Å². The van der Waals surface area contributed by atoms with Crippen LogP contribution in [0, 0.1) is 0 Å². The number of carbonyl (C=O) groups excluding carboxylic acids is 2. The number of nitrogens with one attached hydrogen (secondary N) is 2. The molecule has 0 aliphatic rings. The van der Waals surface area contributed by atoms with Crippen LogP contribution in [0.5, 0.6) is 0 Å². The topological polar surface area (TPSA) is 61.4 Å². The van der Waals surface area contributed by atoms with E-state index in [1.54, 1.807) is 20.2 Å². The smallest absolute Gasteiger partial charge is 0.321 e. The van der Waals surface area contributed by atoms with Crippen molar-refractivity contribution in [3.05, 3.63) is 72.3 Å². The average Bonchev–Trinajstić information content (AvgIpc) is 2.62. The highest BCUT2D eigenvalue weighted by atomic mass is 16.2. The summed E-state index contributed by atoms with van der Waals surface area (Å²) in [7, 11) is 3.35. The van der Waals surface area contributed by atoms with E-state index in [0.717, 1.165) is 22.0 Å². The van der Waals surface area contributed by atoms with E-state index in [0.29, 0.717) is 5.69 Å². The van der Waals surface area contributed by atoms with E-state index in [-0.39, 0.29) is 18.4 Å². The van der Waals surface area contributed by atoms with E-state index in [2.05, 4.69) is 10.6 Å². The van der Waals surface area contributed by atoms with Crippen molar-refractivity contribution in [1.29, 1.82) is 0 Å². The first-order valence-electron chi connectivity index (χ1n) is 8.38. The van der Waals surface area contributed by atoms with Crippen LogP contribution < -0.4 is 10.6 Å². The molecule has 0 saturated heterocycles. The van der Waals surface area contributed by atoms with Gasteiger partial charge in [0.2, 0.25) is 5.91 Å². The Morgan fingerprint density at radius 2 is 1.62 bits per heavy atom. The standard InChI is InChI=1S/C21H21N3O2/c1-24(2)21(26)22-17-10-5-7-15(13-17)14-20(25)23-19-12-6-9-16-8-3-4-11-18(16)19/h3-13H,14H2,1-2H3,(H,22,26)(H,23,25). The third-order valence-corrected chi connectivity index (χ3v) is 4.01. The number of benzene rings is 3. The number of carbonyl (C=O) groups is 2. The summed E-state index contributed by atoms with van der Waals surface area (Å²) < 4.78 is 0. The highest BCUT2D eigenvalue weighted by Crippen LogP contribution is 2.23. The van der Waals surface area contributed by atoms with Gasteiger partial charge in [0.1, 0.15) is 0 Å². The molecule has 0 aliphatic heterocycles. The van der Waals surface area contributed by atoms with Crippen molar-refractivity contribution < 1.29 is 9.59 Å². The number of hydrogen-bond acceptors (Lipinski definition) is 2. The highest BCUT2D eigenvalue weighted by molar-refractivity contribution is 6.02. The van der Waals surface area contributed by atoms with Crippen LogP contribution in [0.1, 0.15) is 5.56 Å². The molecule has 0 saturated carbocycles. The van der Waals surface area contributed by atoms with Gasteiger partial charge in [0, 0.05) is 30.9 Å². The molecule has 5 heteroatoms. The van der Waals surface area contributed by atoms with E-state index in [1.165, 1.54) is 4.90 Å². The fourth-order valence-electron chi connectivity index (χ4n) is 2.71. The number of amides is 3. The summed E-state index contributed by atoms with van der Waals surface area (Å²) in [5.41, 5.74) is 2.30. The molecule has 3 rings (SSSR count). The Kier molecular flexibility index (Phi) is 5.17. The monoisotopic (exact) mass is 347 g/mol. The lowest BCUT2D eigenvalue weighted by atomic mass is 10.1. The van der Waals surface area contributed by atoms with Gasteiger partial charge in [-0.1, -0.05) is 48.5 Å². The second kappa shape index (κ2) is 7.70. The van der Waals surface area contributed by atoms with Crippen LogP contribution in [-0.2, 0) is 11.2 Å². The molecule has 0 atom stereocenters. The summed E-state index contributed by atoms with van der Waals surface area (Å²) in [6.07, 6.45) is 0.231. The van der Waals surface area contributed by atoms with Crippen LogP contribution >= 0.6 is 0 Å². The fourth-order valence-corrected chi connectivity index (χ4v) is 2.71. The number of anilines is 2. The van der Waals surface area contributed by atoms with Crippen molar-refractivity contribution in [2.24, 2.45) is 0 Å². The van der Waals surface area contributed by atoms with Gasteiger partial charge in [-0.3, -0.25) is 4.79 Å². The van der Waals surface area contributed by atoms with E-state index < -0.39 is 0 Å². The molecule has 0 unspecified atom stereocenters. The molecular weight excluding hydrogens is 326 g/mol. The van der Waals surface area contributed by atoms with E-state index in [9.17, 15) is 9.59 Å². The Bertz CT molecular complexity index is 945. The molecule has 5 nitrogen and oxygen atoms in total. The van der Waals surface area contributed by atoms with Gasteiger partial charge in [0.25, 0.3) is 0 Å². The number of fused-ring (bicyclic) bond motifs is 1. The Morgan fingerprint density at radius 3 is 2.42 bits per heavy atom. The predicted octanol–water partition coefficient (Wildman–Crippen LogP) is 4.11. The Labute approximate surface area is 152 Å². The molecule has 132 valence electrons. The molecule has 0 aromatic heterocycles. The molecule has 0 heterocycles. The normalized spacial score (nSPS) is 10.4. The number of urea groups is 1. The Hall–Kier alpha value is -3.34. The predicted molar refractivity (Wildman–Crippen MR) is 105 cm³/mol. The molecule has 0 bridgehead atoms. The van der Waals surface area contributed by atoms with Crippen LogP contribution in [-0.4, -0.2) is 30.9 Å². The minimum Gasteiger partial charge on any atom is -0.331 e. The highest BCUT2D eigenvalue weighted by Gasteiger charge is 2.09. The van der Waals surface area contributed by atoms with Crippen LogP contribution in [0.2, 0.25) is 0 Å². The van der Waals surface area contributed by atoms with Gasteiger partial charge < -0.3 is 15.5 Å². The second-order valence-corrected chi connectivity index (χ2v) is 6.28. The summed E-state index contributed by atoms with van der Waals surface area (Å²) in [6.45, 7) is 0. The molecule has 3 aromatic rings. The average molecular weight is 347 g/mol. The summed E-state index contributed by atoms with van der Waals surface area (Å²) in [4.78, 5) is 25.7. The van der Waals surface area contributed by atoms with Gasteiger partial charge in [-0.05, 0) is 29.1 Å². The fraction of sp³-hybridized carbons (Fsp3) is 0.143. The maximum absolute atomic E-state index is 12.5. The van der Waals surface area contributed by atoms with E-state index >= 15 is 0 Å². The van der Waals surface area contributed by atoms with Crippen molar-refractivity contribution in [3.8, 4) is 0 Å². The molecule has 3 amide bonds. The second-order valence-electron chi connectivity index (χ2n) is 6.28. The molecule has 0 spiro atoms.